The summed E-state index contributed by atoms with van der Waals surface area (Å²) in [5.41, 5.74) is 7.75. The molecule has 2 amide bonds. The zero-order valence-electron chi connectivity index (χ0n) is 13.4. The van der Waals surface area contributed by atoms with Crippen LogP contribution < -0.4 is 5.73 Å². The highest BCUT2D eigenvalue weighted by Gasteiger charge is 2.34. The van der Waals surface area contributed by atoms with E-state index in [4.69, 9.17) is 5.73 Å². The quantitative estimate of drug-likeness (QED) is 0.676. The number of carbonyl (C=O) groups is 2. The minimum atomic E-state index is -0.809. The van der Waals surface area contributed by atoms with Crippen LogP contribution in [-0.4, -0.2) is 28.2 Å². The number of nitro benzene ring substituents is 1. The van der Waals surface area contributed by atoms with E-state index in [1.165, 1.54) is 23.1 Å². The van der Waals surface area contributed by atoms with Gasteiger partial charge in [0.15, 0.2) is 0 Å². The van der Waals surface area contributed by atoms with Crippen molar-refractivity contribution in [3.63, 3.8) is 0 Å². The molecule has 0 bridgehead atoms. The van der Waals surface area contributed by atoms with Gasteiger partial charge in [-0.05, 0) is 23.1 Å². The van der Waals surface area contributed by atoms with Crippen molar-refractivity contribution in [3.8, 4) is 0 Å². The minimum Gasteiger partial charge on any atom is -0.368 e. The average Bonchev–Trinajstić information content (AvgIpc) is 2.60. The Balaban J connectivity index is 1.85. The van der Waals surface area contributed by atoms with Crippen LogP contribution in [0.25, 0.3) is 0 Å². The van der Waals surface area contributed by atoms with E-state index in [-0.39, 0.29) is 18.0 Å². The molecule has 1 aliphatic heterocycles. The Kier molecular flexibility index (Phi) is 4.47. The van der Waals surface area contributed by atoms with Crippen LogP contribution >= 0.6 is 0 Å². The van der Waals surface area contributed by atoms with Gasteiger partial charge < -0.3 is 10.6 Å². The van der Waals surface area contributed by atoms with Crippen molar-refractivity contribution in [1.29, 1.82) is 0 Å². The van der Waals surface area contributed by atoms with Gasteiger partial charge in [-0.2, -0.15) is 0 Å². The summed E-state index contributed by atoms with van der Waals surface area (Å²) >= 11 is 0. The van der Waals surface area contributed by atoms with Crippen LogP contribution in [0.15, 0.2) is 48.5 Å². The predicted molar refractivity (Wildman–Crippen MR) is 90.6 cm³/mol. The number of amides is 2. The lowest BCUT2D eigenvalue weighted by atomic mass is 9.91. The molecular formula is C18H17N3O4. The molecule has 128 valence electrons. The largest absolute Gasteiger partial charge is 0.368 e. The van der Waals surface area contributed by atoms with E-state index in [0.29, 0.717) is 18.5 Å². The van der Waals surface area contributed by atoms with E-state index in [1.54, 1.807) is 12.1 Å². The minimum absolute atomic E-state index is 0.0202. The van der Waals surface area contributed by atoms with E-state index in [1.807, 2.05) is 18.2 Å². The molecule has 7 heteroatoms. The van der Waals surface area contributed by atoms with Gasteiger partial charge in [-0.3, -0.25) is 19.7 Å². The van der Waals surface area contributed by atoms with Gasteiger partial charge in [-0.1, -0.05) is 36.4 Å². The second-order valence-corrected chi connectivity index (χ2v) is 5.94. The van der Waals surface area contributed by atoms with E-state index in [2.05, 4.69) is 0 Å². The van der Waals surface area contributed by atoms with Gasteiger partial charge >= 0.3 is 0 Å². The first-order valence-electron chi connectivity index (χ1n) is 7.87. The summed E-state index contributed by atoms with van der Waals surface area (Å²) < 4.78 is 0. The highest BCUT2D eigenvalue weighted by Crippen LogP contribution is 2.30. The molecule has 2 aromatic carbocycles. The molecule has 1 unspecified atom stereocenters. The molecule has 0 aliphatic carbocycles. The van der Waals surface area contributed by atoms with Gasteiger partial charge in [0.05, 0.1) is 11.3 Å². The molecule has 1 heterocycles. The Hall–Kier alpha value is -3.22. The number of hydrogen-bond donors (Lipinski definition) is 1. The standard InChI is InChI=1S/C18H17N3O4/c19-18(23)17-15-7-2-1-5-13(15)8-9-20(17)16(22)11-12-4-3-6-14(10-12)21(24)25/h1-7,10,17H,8-9,11H2,(H2,19,23). The maximum Gasteiger partial charge on any atom is 0.269 e. The van der Waals surface area contributed by atoms with Crippen molar-refractivity contribution in [2.75, 3.05) is 6.54 Å². The third kappa shape index (κ3) is 3.35. The number of non-ortho nitro benzene ring substituents is 1. The lowest BCUT2D eigenvalue weighted by Gasteiger charge is -2.35. The Morgan fingerprint density at radius 1 is 1.20 bits per heavy atom. The second-order valence-electron chi connectivity index (χ2n) is 5.94. The lowest BCUT2D eigenvalue weighted by Crippen LogP contribution is -2.46. The summed E-state index contributed by atoms with van der Waals surface area (Å²) in [4.78, 5) is 36.5. The summed E-state index contributed by atoms with van der Waals surface area (Å²) in [6.07, 6.45) is 0.619. The number of carbonyl (C=O) groups excluding carboxylic acids is 2. The monoisotopic (exact) mass is 339 g/mol. The number of nitrogens with zero attached hydrogens (tertiary/aromatic N) is 2. The molecule has 0 spiro atoms. The predicted octanol–water partition coefficient (Wildman–Crippen LogP) is 1.75. The summed E-state index contributed by atoms with van der Waals surface area (Å²) in [7, 11) is 0. The van der Waals surface area contributed by atoms with Crippen LogP contribution in [-0.2, 0) is 22.4 Å². The normalized spacial score (nSPS) is 16.2. The number of benzene rings is 2. The second kappa shape index (κ2) is 6.72. The maximum absolute atomic E-state index is 12.7. The van der Waals surface area contributed by atoms with Crippen LogP contribution in [0, 0.1) is 10.1 Å². The molecule has 0 saturated carbocycles. The fourth-order valence-corrected chi connectivity index (χ4v) is 3.20. The van der Waals surface area contributed by atoms with Crippen molar-refractivity contribution in [2.24, 2.45) is 5.73 Å². The van der Waals surface area contributed by atoms with E-state index in [9.17, 15) is 19.7 Å². The Labute approximate surface area is 144 Å². The first-order chi connectivity index (χ1) is 12.0. The molecule has 1 aliphatic rings. The molecule has 0 saturated heterocycles. The zero-order chi connectivity index (χ0) is 18.0. The Morgan fingerprint density at radius 2 is 1.96 bits per heavy atom. The number of primary amides is 1. The van der Waals surface area contributed by atoms with Gasteiger partial charge in [0.25, 0.3) is 5.69 Å². The van der Waals surface area contributed by atoms with Gasteiger partial charge in [-0.15, -0.1) is 0 Å². The van der Waals surface area contributed by atoms with E-state index in [0.717, 1.165) is 11.1 Å². The number of nitro groups is 1. The molecule has 0 radical (unpaired) electrons. The van der Waals surface area contributed by atoms with Gasteiger partial charge in [0.2, 0.25) is 11.8 Å². The first-order valence-corrected chi connectivity index (χ1v) is 7.87. The fraction of sp³-hybridized carbons (Fsp3) is 0.222. The van der Waals surface area contributed by atoms with Crippen molar-refractivity contribution in [3.05, 3.63) is 75.3 Å². The molecule has 0 fully saturated rings. The number of rotatable bonds is 4. The van der Waals surface area contributed by atoms with Crippen LogP contribution in [0.1, 0.15) is 22.7 Å². The van der Waals surface area contributed by atoms with Crippen molar-refractivity contribution < 1.29 is 14.5 Å². The average molecular weight is 339 g/mol. The molecule has 2 N–H and O–H groups in total. The van der Waals surface area contributed by atoms with Crippen LogP contribution in [0.3, 0.4) is 0 Å². The molecular weight excluding hydrogens is 322 g/mol. The SMILES string of the molecule is NC(=O)C1c2ccccc2CCN1C(=O)Cc1cccc([N+](=O)[O-])c1. The molecule has 3 rings (SSSR count). The molecule has 0 aromatic heterocycles. The molecule has 7 nitrogen and oxygen atoms in total. The zero-order valence-corrected chi connectivity index (χ0v) is 13.4. The van der Waals surface area contributed by atoms with Crippen LogP contribution in [0.4, 0.5) is 5.69 Å². The lowest BCUT2D eigenvalue weighted by molar-refractivity contribution is -0.384. The summed E-state index contributed by atoms with van der Waals surface area (Å²) in [6, 6.07) is 12.6. The highest BCUT2D eigenvalue weighted by molar-refractivity contribution is 5.89. The number of hydrogen-bond acceptors (Lipinski definition) is 4. The van der Waals surface area contributed by atoms with E-state index < -0.39 is 16.9 Å². The third-order valence-corrected chi connectivity index (χ3v) is 4.35. The smallest absolute Gasteiger partial charge is 0.269 e. The Morgan fingerprint density at radius 3 is 2.68 bits per heavy atom. The molecule has 25 heavy (non-hydrogen) atoms. The maximum atomic E-state index is 12.7. The number of fused-ring (bicyclic) bond motifs is 1. The van der Waals surface area contributed by atoms with Gasteiger partial charge in [0, 0.05) is 18.7 Å². The van der Waals surface area contributed by atoms with E-state index >= 15 is 0 Å². The van der Waals surface area contributed by atoms with Crippen molar-refractivity contribution in [2.45, 2.75) is 18.9 Å². The highest BCUT2D eigenvalue weighted by atomic mass is 16.6. The first kappa shape index (κ1) is 16.6. The van der Waals surface area contributed by atoms with Crippen LogP contribution in [0.5, 0.6) is 0 Å². The Bertz CT molecular complexity index is 850. The van der Waals surface area contributed by atoms with Gasteiger partial charge in [0.1, 0.15) is 6.04 Å². The summed E-state index contributed by atoms with van der Waals surface area (Å²) in [5, 5.41) is 10.9. The summed E-state index contributed by atoms with van der Waals surface area (Å²) in [5.74, 6) is -0.863. The summed E-state index contributed by atoms with van der Waals surface area (Å²) in [6.45, 7) is 0.387. The molecule has 1 atom stereocenters. The fourth-order valence-electron chi connectivity index (χ4n) is 3.20. The molecule has 2 aromatic rings. The van der Waals surface area contributed by atoms with Crippen LogP contribution in [0.2, 0.25) is 0 Å². The van der Waals surface area contributed by atoms with Crippen molar-refractivity contribution >= 4 is 17.5 Å². The topological polar surface area (TPSA) is 107 Å². The van der Waals surface area contributed by atoms with Crippen molar-refractivity contribution in [1.82, 2.24) is 4.90 Å². The third-order valence-electron chi connectivity index (χ3n) is 4.35. The van der Waals surface area contributed by atoms with Gasteiger partial charge in [-0.25, -0.2) is 0 Å². The number of nitrogens with two attached hydrogens (primary N) is 1.